The van der Waals surface area contributed by atoms with E-state index in [0.29, 0.717) is 0 Å². The Morgan fingerprint density at radius 3 is 1.93 bits per heavy atom. The average molecular weight is 416 g/mol. The Bertz CT molecular complexity index is 790. The van der Waals surface area contributed by atoms with Crippen molar-refractivity contribution in [3.8, 4) is 0 Å². The van der Waals surface area contributed by atoms with Crippen molar-refractivity contribution >= 4 is 25.7 Å². The van der Waals surface area contributed by atoms with Crippen molar-refractivity contribution < 1.29 is 34.3 Å². The molecule has 10 heteroatoms. The maximum Gasteiger partial charge on any atom is 0.432 e. The molecule has 2 atom stereocenters. The molecule has 0 aliphatic heterocycles. The van der Waals surface area contributed by atoms with Crippen LogP contribution in [0.4, 0.5) is 4.79 Å². The number of carboxylic acid groups (broad SMARTS) is 1. The Labute approximate surface area is 175 Å². The first-order valence-corrected chi connectivity index (χ1v) is 9.13. The Balaban J connectivity index is 0.00000141. The van der Waals surface area contributed by atoms with Gasteiger partial charge in [0, 0.05) is 6.42 Å². The summed E-state index contributed by atoms with van der Waals surface area (Å²) in [6.07, 6.45) is -0.607. The lowest BCUT2D eigenvalue weighted by Gasteiger charge is -2.18. The molecule has 2 rings (SSSR count). The summed E-state index contributed by atoms with van der Waals surface area (Å²) in [7, 11) is -0.750. The number of benzene rings is 2. The summed E-state index contributed by atoms with van der Waals surface area (Å²) in [6, 6.07) is 16.1. The Morgan fingerprint density at radius 2 is 1.43 bits per heavy atom. The predicted molar refractivity (Wildman–Crippen MR) is 111 cm³/mol. The highest BCUT2D eigenvalue weighted by molar-refractivity contribution is 6.13. The first kappa shape index (κ1) is 24.7. The van der Waals surface area contributed by atoms with Gasteiger partial charge in [0.05, 0.1) is 0 Å². The highest BCUT2D eigenvalue weighted by Gasteiger charge is 2.24. The highest BCUT2D eigenvalue weighted by atomic mass is 16.5. The maximum atomic E-state index is 12.2. The summed E-state index contributed by atoms with van der Waals surface area (Å²) in [6.45, 7) is 1.54. The first-order valence-electron chi connectivity index (χ1n) is 9.13. The summed E-state index contributed by atoms with van der Waals surface area (Å²) in [5, 5.41) is 28.4. The van der Waals surface area contributed by atoms with Gasteiger partial charge in [-0.2, -0.15) is 0 Å². The van der Waals surface area contributed by atoms with E-state index in [2.05, 4.69) is 10.6 Å². The van der Waals surface area contributed by atoms with Crippen LogP contribution in [0, 0.1) is 0 Å². The largest absolute Gasteiger partial charge is 0.480 e. The normalized spacial score (nSPS) is 11.7. The van der Waals surface area contributed by atoms with Gasteiger partial charge < -0.3 is 30.5 Å². The minimum absolute atomic E-state index is 0.0762. The van der Waals surface area contributed by atoms with Gasteiger partial charge in [-0.3, -0.25) is 4.79 Å². The molecule has 2 amide bonds. The number of hydrogen-bond donors (Lipinski definition) is 5. The second-order valence-corrected chi connectivity index (χ2v) is 6.16. The van der Waals surface area contributed by atoms with Gasteiger partial charge in [-0.1, -0.05) is 60.7 Å². The second kappa shape index (κ2) is 13.8. The Morgan fingerprint density at radius 1 is 0.933 bits per heavy atom. The zero-order chi connectivity index (χ0) is 22.4. The zero-order valence-corrected chi connectivity index (χ0v) is 16.5. The van der Waals surface area contributed by atoms with Gasteiger partial charge in [-0.15, -0.1) is 0 Å². The van der Waals surface area contributed by atoms with Crippen LogP contribution in [0.25, 0.3) is 0 Å². The quantitative estimate of drug-likeness (QED) is 0.391. The molecular weight excluding hydrogens is 391 g/mol. The molecular formula is C20H25BN2O7. The molecule has 0 spiro atoms. The van der Waals surface area contributed by atoms with Crippen molar-refractivity contribution in [2.45, 2.75) is 32.0 Å². The van der Waals surface area contributed by atoms with E-state index < -0.39 is 37.7 Å². The summed E-state index contributed by atoms with van der Waals surface area (Å²) in [4.78, 5) is 35.4. The number of rotatable bonds is 8. The standard InChI is InChI=1S/C20H22N2O5.BH3O2/c1-14(21-20(26)27-13-16-10-6-3-7-11-16)18(23)22-17(19(24)25)12-15-8-4-2-5-9-15;2-1-3/h2-11,14,17H,12-13H2,1H3,(H,21,26)(H,22,23)(H,24,25);1-3H/t14-,17-;/m0./s1. The van der Waals surface area contributed by atoms with Gasteiger partial charge in [0.15, 0.2) is 0 Å². The third-order valence-corrected chi connectivity index (χ3v) is 3.84. The fourth-order valence-corrected chi connectivity index (χ4v) is 2.35. The van der Waals surface area contributed by atoms with Crippen LogP contribution in [0.1, 0.15) is 18.1 Å². The SMILES string of the molecule is C[C@H](NC(=O)OCc1ccccc1)C(=O)N[C@@H](Cc1ccccc1)C(=O)O.OBO. The van der Waals surface area contributed by atoms with E-state index in [4.69, 9.17) is 14.8 Å². The van der Waals surface area contributed by atoms with Gasteiger partial charge in [0.25, 0.3) is 0 Å². The van der Waals surface area contributed by atoms with Crippen LogP contribution < -0.4 is 10.6 Å². The third kappa shape index (κ3) is 9.72. The van der Waals surface area contributed by atoms with E-state index in [9.17, 15) is 19.5 Å². The molecule has 0 aliphatic rings. The van der Waals surface area contributed by atoms with Gasteiger partial charge in [-0.25, -0.2) is 9.59 Å². The third-order valence-electron chi connectivity index (χ3n) is 3.84. The Kier molecular flexibility index (Phi) is 11.3. The van der Waals surface area contributed by atoms with Crippen LogP contribution in [0.5, 0.6) is 0 Å². The minimum Gasteiger partial charge on any atom is -0.480 e. The fourth-order valence-electron chi connectivity index (χ4n) is 2.35. The first-order chi connectivity index (χ1) is 14.4. The van der Waals surface area contributed by atoms with Crippen molar-refractivity contribution in [1.82, 2.24) is 10.6 Å². The van der Waals surface area contributed by atoms with Gasteiger partial charge >= 0.3 is 19.7 Å². The fraction of sp³-hybridized carbons (Fsp3) is 0.250. The molecule has 0 bridgehead atoms. The number of carboxylic acids is 1. The number of nitrogens with one attached hydrogen (secondary N) is 2. The van der Waals surface area contributed by atoms with Crippen molar-refractivity contribution in [3.05, 3.63) is 71.8 Å². The van der Waals surface area contributed by atoms with Crippen LogP contribution in [0.15, 0.2) is 60.7 Å². The summed E-state index contributed by atoms with van der Waals surface area (Å²) in [5.41, 5.74) is 1.60. The highest BCUT2D eigenvalue weighted by Crippen LogP contribution is 2.04. The van der Waals surface area contributed by atoms with Crippen molar-refractivity contribution in [3.63, 3.8) is 0 Å². The monoisotopic (exact) mass is 416 g/mol. The van der Waals surface area contributed by atoms with Gasteiger partial charge in [0.1, 0.15) is 18.7 Å². The second-order valence-electron chi connectivity index (χ2n) is 6.16. The topological polar surface area (TPSA) is 145 Å². The molecule has 2 aromatic rings. The molecule has 9 nitrogen and oxygen atoms in total. The summed E-state index contributed by atoms with van der Waals surface area (Å²) < 4.78 is 5.05. The number of alkyl carbamates (subject to hydrolysis) is 1. The lowest BCUT2D eigenvalue weighted by atomic mass is 10.1. The minimum atomic E-state index is -1.15. The van der Waals surface area contributed by atoms with Crippen LogP contribution in [0.2, 0.25) is 0 Å². The Hall–Kier alpha value is -3.37. The number of carbonyl (C=O) groups excluding carboxylic acids is 2. The smallest absolute Gasteiger partial charge is 0.432 e. The molecule has 0 radical (unpaired) electrons. The lowest BCUT2D eigenvalue weighted by Crippen LogP contribution is -2.51. The molecule has 30 heavy (non-hydrogen) atoms. The average Bonchev–Trinajstić information content (AvgIpc) is 2.73. The van der Waals surface area contributed by atoms with E-state index in [1.807, 2.05) is 36.4 Å². The number of aliphatic carboxylic acids is 1. The van der Waals surface area contributed by atoms with Crippen molar-refractivity contribution in [2.24, 2.45) is 0 Å². The zero-order valence-electron chi connectivity index (χ0n) is 16.5. The molecule has 2 aromatic carbocycles. The van der Waals surface area contributed by atoms with Crippen molar-refractivity contribution in [1.29, 1.82) is 0 Å². The van der Waals surface area contributed by atoms with E-state index >= 15 is 0 Å². The maximum absolute atomic E-state index is 12.2. The lowest BCUT2D eigenvalue weighted by molar-refractivity contribution is -0.142. The predicted octanol–water partition coefficient (Wildman–Crippen LogP) is 0.351. The van der Waals surface area contributed by atoms with Crippen LogP contribution in [-0.2, 0) is 27.4 Å². The molecule has 0 saturated carbocycles. The van der Waals surface area contributed by atoms with Crippen molar-refractivity contribution in [2.75, 3.05) is 0 Å². The van der Waals surface area contributed by atoms with Crippen LogP contribution >= 0.6 is 0 Å². The number of carbonyl (C=O) groups is 3. The van der Waals surface area contributed by atoms with E-state index in [1.54, 1.807) is 24.3 Å². The number of hydrogen-bond acceptors (Lipinski definition) is 6. The van der Waals surface area contributed by atoms with Crippen LogP contribution in [0.3, 0.4) is 0 Å². The van der Waals surface area contributed by atoms with E-state index in [-0.39, 0.29) is 13.0 Å². The number of amides is 2. The van der Waals surface area contributed by atoms with Gasteiger partial charge in [-0.05, 0) is 18.1 Å². The van der Waals surface area contributed by atoms with Crippen LogP contribution in [-0.4, -0.2) is 52.9 Å². The molecule has 5 N–H and O–H groups in total. The molecule has 0 unspecified atom stereocenters. The molecule has 0 heterocycles. The molecule has 0 saturated heterocycles. The number of ether oxygens (including phenoxy) is 1. The molecule has 0 aromatic heterocycles. The van der Waals surface area contributed by atoms with E-state index in [1.165, 1.54) is 6.92 Å². The molecule has 160 valence electrons. The summed E-state index contributed by atoms with van der Waals surface area (Å²) >= 11 is 0. The van der Waals surface area contributed by atoms with E-state index in [0.717, 1.165) is 11.1 Å². The molecule has 0 fully saturated rings. The summed E-state index contributed by atoms with van der Waals surface area (Å²) in [5.74, 6) is -1.75. The molecule has 0 aliphatic carbocycles. The van der Waals surface area contributed by atoms with Gasteiger partial charge in [0.2, 0.25) is 5.91 Å².